The summed E-state index contributed by atoms with van der Waals surface area (Å²) in [5, 5.41) is 8.96. The van der Waals surface area contributed by atoms with Gasteiger partial charge in [-0.1, -0.05) is 24.3 Å². The van der Waals surface area contributed by atoms with E-state index in [2.05, 4.69) is 35.2 Å². The fourth-order valence-corrected chi connectivity index (χ4v) is 2.71. The van der Waals surface area contributed by atoms with Crippen LogP contribution in [0.15, 0.2) is 42.5 Å². The molecular weight excluding hydrogens is 274 g/mol. The van der Waals surface area contributed by atoms with Crippen LogP contribution in [0.3, 0.4) is 0 Å². The van der Waals surface area contributed by atoms with Gasteiger partial charge in [-0.05, 0) is 34.9 Å². The molecule has 22 heavy (non-hydrogen) atoms. The fraction of sp³-hybridized carbons (Fsp3) is 0.278. The van der Waals surface area contributed by atoms with Crippen LogP contribution in [0.5, 0.6) is 0 Å². The van der Waals surface area contributed by atoms with Crippen LogP contribution in [0, 0.1) is 11.3 Å². The lowest BCUT2D eigenvalue weighted by molar-refractivity contribution is 0.0342. The van der Waals surface area contributed by atoms with Crippen LogP contribution in [0.2, 0.25) is 0 Å². The Hall–Kier alpha value is -2.35. The van der Waals surface area contributed by atoms with E-state index in [0.717, 1.165) is 44.0 Å². The molecule has 2 N–H and O–H groups in total. The number of nitrogen functional groups attached to an aromatic ring is 1. The number of ether oxygens (including phenoxy) is 1. The summed E-state index contributed by atoms with van der Waals surface area (Å²) in [6.45, 7) is 4.52. The normalized spacial score (nSPS) is 15.4. The monoisotopic (exact) mass is 293 g/mol. The molecule has 4 heteroatoms. The van der Waals surface area contributed by atoms with Crippen molar-refractivity contribution in [1.29, 1.82) is 5.26 Å². The van der Waals surface area contributed by atoms with Gasteiger partial charge in [0.1, 0.15) is 6.07 Å². The Bertz CT molecular complexity index is 700. The van der Waals surface area contributed by atoms with Crippen molar-refractivity contribution in [2.75, 3.05) is 32.0 Å². The van der Waals surface area contributed by atoms with Gasteiger partial charge in [0, 0.05) is 19.6 Å². The van der Waals surface area contributed by atoms with Crippen molar-refractivity contribution in [3.8, 4) is 17.2 Å². The summed E-state index contributed by atoms with van der Waals surface area (Å²) < 4.78 is 5.38. The first-order chi connectivity index (χ1) is 10.8. The SMILES string of the molecule is N#Cc1ccc(-c2cccc(CN3CCOCC3)c2)cc1N. The van der Waals surface area contributed by atoms with Gasteiger partial charge in [0.2, 0.25) is 0 Å². The number of nitriles is 1. The van der Waals surface area contributed by atoms with Crippen molar-refractivity contribution in [3.05, 3.63) is 53.6 Å². The standard InChI is InChI=1S/C18H19N3O/c19-12-17-5-4-16(11-18(17)20)15-3-1-2-14(10-15)13-21-6-8-22-9-7-21/h1-5,10-11H,6-9,13,20H2. The average molecular weight is 293 g/mol. The molecule has 0 saturated carbocycles. The summed E-state index contributed by atoms with van der Waals surface area (Å²) in [5.41, 5.74) is 10.4. The van der Waals surface area contributed by atoms with E-state index in [1.54, 1.807) is 6.07 Å². The molecule has 1 aliphatic rings. The largest absolute Gasteiger partial charge is 0.398 e. The first-order valence-electron chi connectivity index (χ1n) is 7.45. The number of hydrogen-bond donors (Lipinski definition) is 1. The molecule has 2 aromatic rings. The second kappa shape index (κ2) is 6.61. The Balaban J connectivity index is 1.81. The van der Waals surface area contributed by atoms with Gasteiger partial charge >= 0.3 is 0 Å². The third kappa shape index (κ3) is 3.28. The quantitative estimate of drug-likeness (QED) is 0.884. The molecule has 3 rings (SSSR count). The second-order valence-electron chi connectivity index (χ2n) is 5.50. The first-order valence-corrected chi connectivity index (χ1v) is 7.45. The first kappa shape index (κ1) is 14.6. The molecule has 0 spiro atoms. The topological polar surface area (TPSA) is 62.3 Å². The minimum Gasteiger partial charge on any atom is -0.398 e. The number of rotatable bonds is 3. The lowest BCUT2D eigenvalue weighted by Crippen LogP contribution is -2.35. The predicted octanol–water partition coefficient (Wildman–Crippen LogP) is 2.64. The summed E-state index contributed by atoms with van der Waals surface area (Å²) in [5.74, 6) is 0. The molecule has 0 atom stereocenters. The summed E-state index contributed by atoms with van der Waals surface area (Å²) in [7, 11) is 0. The zero-order valence-electron chi connectivity index (χ0n) is 12.5. The highest BCUT2D eigenvalue weighted by atomic mass is 16.5. The number of morpholine rings is 1. The molecule has 0 aliphatic carbocycles. The van der Waals surface area contributed by atoms with E-state index in [1.165, 1.54) is 5.56 Å². The van der Waals surface area contributed by atoms with Crippen molar-refractivity contribution in [2.24, 2.45) is 0 Å². The van der Waals surface area contributed by atoms with Crippen molar-refractivity contribution >= 4 is 5.69 Å². The van der Waals surface area contributed by atoms with Crippen LogP contribution in [0.4, 0.5) is 5.69 Å². The molecule has 2 aromatic carbocycles. The maximum atomic E-state index is 8.96. The van der Waals surface area contributed by atoms with Crippen LogP contribution < -0.4 is 5.73 Å². The molecule has 1 aliphatic heterocycles. The number of nitrogens with two attached hydrogens (primary N) is 1. The van der Waals surface area contributed by atoms with Gasteiger partial charge in [-0.2, -0.15) is 5.26 Å². The third-order valence-electron chi connectivity index (χ3n) is 3.94. The number of anilines is 1. The number of benzene rings is 2. The molecule has 1 fully saturated rings. The maximum Gasteiger partial charge on any atom is 0.101 e. The highest BCUT2D eigenvalue weighted by Gasteiger charge is 2.11. The van der Waals surface area contributed by atoms with Gasteiger partial charge in [0.05, 0.1) is 24.5 Å². The van der Waals surface area contributed by atoms with Crippen molar-refractivity contribution in [3.63, 3.8) is 0 Å². The Kier molecular flexibility index (Phi) is 4.38. The molecule has 0 bridgehead atoms. The average Bonchev–Trinajstić information content (AvgIpc) is 2.56. The molecular formula is C18H19N3O. The Morgan fingerprint density at radius 3 is 2.59 bits per heavy atom. The Morgan fingerprint density at radius 2 is 1.86 bits per heavy atom. The highest BCUT2D eigenvalue weighted by molar-refractivity contribution is 5.71. The lowest BCUT2D eigenvalue weighted by Gasteiger charge is -2.26. The van der Waals surface area contributed by atoms with Gasteiger partial charge in [-0.3, -0.25) is 4.90 Å². The number of hydrogen-bond acceptors (Lipinski definition) is 4. The Morgan fingerprint density at radius 1 is 1.09 bits per heavy atom. The molecule has 0 radical (unpaired) electrons. The van der Waals surface area contributed by atoms with E-state index in [1.807, 2.05) is 12.1 Å². The predicted molar refractivity (Wildman–Crippen MR) is 87.1 cm³/mol. The maximum absolute atomic E-state index is 8.96. The molecule has 0 unspecified atom stereocenters. The summed E-state index contributed by atoms with van der Waals surface area (Å²) in [6, 6.07) is 16.2. The molecule has 112 valence electrons. The van der Waals surface area contributed by atoms with Crippen LogP contribution in [0.25, 0.3) is 11.1 Å². The highest BCUT2D eigenvalue weighted by Crippen LogP contribution is 2.25. The van der Waals surface area contributed by atoms with Crippen molar-refractivity contribution in [2.45, 2.75) is 6.54 Å². The lowest BCUT2D eigenvalue weighted by atomic mass is 10.0. The van der Waals surface area contributed by atoms with Crippen molar-refractivity contribution < 1.29 is 4.74 Å². The zero-order chi connectivity index (χ0) is 15.4. The summed E-state index contributed by atoms with van der Waals surface area (Å²) in [4.78, 5) is 2.40. The van der Waals surface area contributed by atoms with Gasteiger partial charge in [0.25, 0.3) is 0 Å². The van der Waals surface area contributed by atoms with E-state index in [4.69, 9.17) is 15.7 Å². The van der Waals surface area contributed by atoms with Crippen LogP contribution >= 0.6 is 0 Å². The third-order valence-corrected chi connectivity index (χ3v) is 3.94. The Labute approximate surface area is 130 Å². The van der Waals surface area contributed by atoms with Gasteiger partial charge < -0.3 is 10.5 Å². The summed E-state index contributed by atoms with van der Waals surface area (Å²) >= 11 is 0. The second-order valence-corrected chi connectivity index (χ2v) is 5.50. The van der Waals surface area contributed by atoms with Crippen LogP contribution in [-0.2, 0) is 11.3 Å². The van der Waals surface area contributed by atoms with Crippen LogP contribution in [-0.4, -0.2) is 31.2 Å². The summed E-state index contributed by atoms with van der Waals surface area (Å²) in [6.07, 6.45) is 0. The minimum absolute atomic E-state index is 0.522. The molecule has 0 aromatic heterocycles. The molecule has 4 nitrogen and oxygen atoms in total. The molecule has 0 amide bonds. The van der Waals surface area contributed by atoms with Crippen LogP contribution in [0.1, 0.15) is 11.1 Å². The van der Waals surface area contributed by atoms with E-state index in [9.17, 15) is 0 Å². The minimum atomic E-state index is 0.522. The number of nitrogens with zero attached hydrogens (tertiary/aromatic N) is 2. The van der Waals surface area contributed by atoms with E-state index >= 15 is 0 Å². The van der Waals surface area contributed by atoms with E-state index in [0.29, 0.717) is 11.3 Å². The van der Waals surface area contributed by atoms with Crippen molar-refractivity contribution in [1.82, 2.24) is 4.90 Å². The van der Waals surface area contributed by atoms with Gasteiger partial charge in [-0.25, -0.2) is 0 Å². The molecule has 1 heterocycles. The van der Waals surface area contributed by atoms with E-state index < -0.39 is 0 Å². The van der Waals surface area contributed by atoms with Gasteiger partial charge in [0.15, 0.2) is 0 Å². The van der Waals surface area contributed by atoms with Gasteiger partial charge in [-0.15, -0.1) is 0 Å². The zero-order valence-corrected chi connectivity index (χ0v) is 12.5. The smallest absolute Gasteiger partial charge is 0.101 e. The van der Waals surface area contributed by atoms with E-state index in [-0.39, 0.29) is 0 Å². The molecule has 1 saturated heterocycles. The fourth-order valence-electron chi connectivity index (χ4n) is 2.71.